The highest BCUT2D eigenvalue weighted by Crippen LogP contribution is 2.55. The van der Waals surface area contributed by atoms with Crippen molar-refractivity contribution in [2.45, 2.75) is 63.1 Å². The lowest BCUT2D eigenvalue weighted by molar-refractivity contribution is -0.147. The van der Waals surface area contributed by atoms with E-state index in [1.807, 2.05) is 18.2 Å². The Hall–Kier alpha value is -2.82. The molecule has 3 aromatic carbocycles. The van der Waals surface area contributed by atoms with Crippen molar-refractivity contribution in [1.29, 1.82) is 0 Å². The Kier molecular flexibility index (Phi) is 9.30. The summed E-state index contributed by atoms with van der Waals surface area (Å²) in [5, 5.41) is 13.7. The molecule has 0 bridgehead atoms. The lowest BCUT2D eigenvalue weighted by Crippen LogP contribution is -2.59. The van der Waals surface area contributed by atoms with Gasteiger partial charge in [-0.05, 0) is 73.1 Å². The van der Waals surface area contributed by atoms with Gasteiger partial charge >= 0.3 is 5.97 Å². The van der Waals surface area contributed by atoms with E-state index in [1.54, 1.807) is 55.5 Å². The quantitative estimate of drug-likeness (QED) is 0.196. The van der Waals surface area contributed by atoms with Gasteiger partial charge in [0.2, 0.25) is 17.2 Å². The average Bonchev–Trinajstić information content (AvgIpc) is 3.79. The van der Waals surface area contributed by atoms with Crippen LogP contribution in [0, 0.1) is 17.2 Å². The third-order valence-electron chi connectivity index (χ3n) is 8.87. The van der Waals surface area contributed by atoms with Crippen LogP contribution in [-0.2, 0) is 32.9 Å². The first-order valence-corrected chi connectivity index (χ1v) is 15.9. The number of carbonyl (C=O) groups excluding carboxylic acids is 1. The molecule has 11 heteroatoms. The van der Waals surface area contributed by atoms with Crippen LogP contribution in [0.15, 0.2) is 72.8 Å². The summed E-state index contributed by atoms with van der Waals surface area (Å²) in [4.78, 5) is 25.4. The van der Waals surface area contributed by atoms with Gasteiger partial charge in [-0.25, -0.2) is 8.60 Å². The molecular weight excluding hydrogens is 614 g/mol. The van der Waals surface area contributed by atoms with E-state index in [0.717, 1.165) is 24.0 Å². The minimum Gasteiger partial charge on any atom is -0.481 e. The first-order chi connectivity index (χ1) is 20.4. The fourth-order valence-corrected chi connectivity index (χ4v) is 7.83. The Morgan fingerprint density at radius 1 is 1.09 bits per heavy atom. The summed E-state index contributed by atoms with van der Waals surface area (Å²) in [5.41, 5.74) is -0.500. The molecule has 3 N–H and O–H groups in total. The average molecular weight is 648 g/mol. The number of amides is 1. The van der Waals surface area contributed by atoms with Gasteiger partial charge in [-0.3, -0.25) is 14.1 Å². The van der Waals surface area contributed by atoms with Gasteiger partial charge in [0.05, 0.1) is 17.4 Å². The van der Waals surface area contributed by atoms with Crippen molar-refractivity contribution in [2.24, 2.45) is 11.3 Å². The van der Waals surface area contributed by atoms with Gasteiger partial charge in [-0.15, -0.1) is 0 Å². The molecular formula is C32H33Cl2FN2O5S. The Balaban J connectivity index is 1.66. The number of rotatable bonds is 11. The Morgan fingerprint density at radius 3 is 2.40 bits per heavy atom. The molecule has 2 fully saturated rings. The Morgan fingerprint density at radius 2 is 1.79 bits per heavy atom. The lowest BCUT2D eigenvalue weighted by Gasteiger charge is -2.49. The molecule has 1 unspecified atom stereocenters. The smallest absolute Gasteiger partial charge is 0.304 e. The van der Waals surface area contributed by atoms with Crippen molar-refractivity contribution in [2.75, 3.05) is 0 Å². The number of piperidine rings is 1. The van der Waals surface area contributed by atoms with Gasteiger partial charge < -0.3 is 10.4 Å². The molecule has 43 heavy (non-hydrogen) atoms. The van der Waals surface area contributed by atoms with Crippen LogP contribution < -0.4 is 5.32 Å². The second-order valence-electron chi connectivity index (χ2n) is 11.8. The number of nitrogens with zero attached hydrogens (tertiary/aromatic N) is 1. The number of carboxylic acids is 1. The molecule has 1 saturated heterocycles. The molecule has 1 aliphatic carbocycles. The van der Waals surface area contributed by atoms with Crippen molar-refractivity contribution >= 4 is 46.3 Å². The van der Waals surface area contributed by atoms with Gasteiger partial charge in [0, 0.05) is 34.1 Å². The predicted molar refractivity (Wildman–Crippen MR) is 164 cm³/mol. The Bertz CT molecular complexity index is 1540. The summed E-state index contributed by atoms with van der Waals surface area (Å²) < 4.78 is 40.5. The number of carbonyl (C=O) groups is 2. The topological polar surface area (TPSA) is 107 Å². The fraction of sp³-hybridized carbons (Fsp3) is 0.375. The van der Waals surface area contributed by atoms with Gasteiger partial charge in [-0.1, -0.05) is 72.6 Å². The maximum atomic E-state index is 15.0. The standard InChI is InChI=1S/C32H33Cl2FN2O5S/c1-31(18-29(38)39)16-26(20-6-4-7-25(34)15-20)28(36-30(31)40)17-32(22-9-10-22,23-11-13-24(33)14-12-23)37(43(41)42)19-21-5-2-3-8-27(21)35/h2-8,11-15,22,26,28H,9-10,16-19H2,1H3,(H,36,40)(H,38,39)(H,41,42)/t26-,28+,31+,32+/m1/s1. The van der Waals surface area contributed by atoms with Crippen molar-refractivity contribution in [3.63, 3.8) is 0 Å². The molecule has 1 heterocycles. The molecule has 0 aromatic heterocycles. The second-order valence-corrected chi connectivity index (χ2v) is 13.6. The minimum absolute atomic E-state index is 0.0826. The van der Waals surface area contributed by atoms with Gasteiger partial charge in [0.15, 0.2) is 0 Å². The number of hydrogen-bond acceptors (Lipinski definition) is 3. The third-order valence-corrected chi connectivity index (χ3v) is 10.2. The summed E-state index contributed by atoms with van der Waals surface area (Å²) in [6.07, 6.45) is 1.59. The molecule has 228 valence electrons. The first-order valence-electron chi connectivity index (χ1n) is 14.1. The minimum atomic E-state index is -2.54. The monoisotopic (exact) mass is 646 g/mol. The molecule has 0 spiro atoms. The van der Waals surface area contributed by atoms with Crippen molar-refractivity contribution in [1.82, 2.24) is 9.62 Å². The van der Waals surface area contributed by atoms with E-state index >= 15 is 0 Å². The largest absolute Gasteiger partial charge is 0.481 e. The zero-order chi connectivity index (χ0) is 30.9. The molecule has 2 aliphatic rings. The molecule has 7 nitrogen and oxygen atoms in total. The SMILES string of the molecule is C[C@@]1(CC(=O)O)C[C@H](c2cccc(Cl)c2)[C@H](C[C@@](c2ccc(Cl)cc2)(C2CC2)N(Cc2ccccc2F)S(=O)O)NC1=O. The van der Waals surface area contributed by atoms with E-state index in [-0.39, 0.29) is 43.2 Å². The van der Waals surface area contributed by atoms with Crippen LogP contribution >= 0.6 is 23.2 Å². The highest BCUT2D eigenvalue weighted by molar-refractivity contribution is 7.76. The maximum Gasteiger partial charge on any atom is 0.304 e. The number of nitrogens with one attached hydrogen (secondary N) is 1. The second kappa shape index (κ2) is 12.7. The van der Waals surface area contributed by atoms with E-state index in [1.165, 1.54) is 10.4 Å². The van der Waals surface area contributed by atoms with Gasteiger partial charge in [0.25, 0.3) is 0 Å². The van der Waals surface area contributed by atoms with Gasteiger partial charge in [0.1, 0.15) is 5.82 Å². The highest BCUT2D eigenvalue weighted by atomic mass is 35.5. The number of aliphatic carboxylic acids is 1. The van der Waals surface area contributed by atoms with Crippen molar-refractivity contribution in [3.8, 4) is 0 Å². The third kappa shape index (κ3) is 6.66. The van der Waals surface area contributed by atoms with Crippen molar-refractivity contribution < 1.29 is 27.8 Å². The van der Waals surface area contributed by atoms with E-state index < -0.39 is 46.0 Å². The molecule has 5 rings (SSSR count). The number of carboxylic acid groups (broad SMARTS) is 1. The van der Waals surface area contributed by atoms with Crippen molar-refractivity contribution in [3.05, 3.63) is 105 Å². The molecule has 3 aromatic rings. The van der Waals surface area contributed by atoms with E-state index in [2.05, 4.69) is 5.32 Å². The predicted octanol–water partition coefficient (Wildman–Crippen LogP) is 6.92. The summed E-state index contributed by atoms with van der Waals surface area (Å²) >= 11 is 10.1. The summed E-state index contributed by atoms with van der Waals surface area (Å²) in [5.74, 6) is -2.42. The van der Waals surface area contributed by atoms with Crippen LogP contribution in [0.3, 0.4) is 0 Å². The number of hydrogen-bond donors (Lipinski definition) is 3. The van der Waals surface area contributed by atoms with E-state index in [0.29, 0.717) is 10.0 Å². The summed E-state index contributed by atoms with van der Waals surface area (Å²) in [7, 11) is 0. The zero-order valence-electron chi connectivity index (χ0n) is 23.5. The van der Waals surface area contributed by atoms with Crippen LogP contribution in [-0.4, -0.2) is 36.1 Å². The molecule has 1 aliphatic heterocycles. The normalized spacial score (nSPS) is 24.3. The zero-order valence-corrected chi connectivity index (χ0v) is 25.8. The lowest BCUT2D eigenvalue weighted by atomic mass is 9.66. The highest BCUT2D eigenvalue weighted by Gasteiger charge is 2.56. The Labute approximate surface area is 262 Å². The van der Waals surface area contributed by atoms with Crippen LogP contribution in [0.4, 0.5) is 4.39 Å². The number of halogens is 3. The van der Waals surface area contributed by atoms with Gasteiger partial charge in [-0.2, -0.15) is 4.31 Å². The molecule has 1 saturated carbocycles. The first kappa shape index (κ1) is 31.6. The van der Waals surface area contributed by atoms with Crippen LogP contribution in [0.2, 0.25) is 10.0 Å². The molecule has 1 amide bonds. The van der Waals surface area contributed by atoms with E-state index in [9.17, 15) is 27.8 Å². The van der Waals surface area contributed by atoms with Crippen LogP contribution in [0.1, 0.15) is 61.6 Å². The van der Waals surface area contributed by atoms with E-state index in [4.69, 9.17) is 23.2 Å². The van der Waals surface area contributed by atoms with Crippen LogP contribution in [0.5, 0.6) is 0 Å². The summed E-state index contributed by atoms with van der Waals surface area (Å²) in [6, 6.07) is 19.9. The number of benzene rings is 3. The maximum absolute atomic E-state index is 15.0. The fourth-order valence-electron chi connectivity index (χ4n) is 6.65. The molecule has 5 atom stereocenters. The summed E-state index contributed by atoms with van der Waals surface area (Å²) in [6.45, 7) is 1.49. The molecule has 0 radical (unpaired) electrons. The van der Waals surface area contributed by atoms with Crippen LogP contribution in [0.25, 0.3) is 0 Å².